The Balaban J connectivity index is 1.48. The Kier molecular flexibility index (Phi) is 4.48. The lowest BCUT2D eigenvalue weighted by molar-refractivity contribution is 0.0745. The van der Waals surface area contributed by atoms with Crippen LogP contribution in [-0.4, -0.2) is 20.1 Å². The van der Waals surface area contributed by atoms with Crippen LogP contribution in [-0.2, 0) is 12.1 Å². The second-order valence-electron chi connectivity index (χ2n) is 8.49. The van der Waals surface area contributed by atoms with E-state index in [4.69, 9.17) is 9.97 Å². The highest BCUT2D eigenvalue weighted by atomic mass is 32.1. The van der Waals surface area contributed by atoms with Gasteiger partial charge in [-0.2, -0.15) is 0 Å². The number of benzene rings is 1. The maximum absolute atomic E-state index is 14.4. The second kappa shape index (κ2) is 6.96. The number of fused-ring (bicyclic) bond motifs is 3. The molecule has 1 aliphatic rings. The molecule has 0 saturated heterocycles. The fraction of sp³-hybridized carbons (Fsp3) is 0.348. The Morgan fingerprint density at radius 2 is 2.03 bits per heavy atom. The number of halogens is 1. The maximum Gasteiger partial charge on any atom is 0.144 e. The summed E-state index contributed by atoms with van der Waals surface area (Å²) in [6, 6.07) is 6.93. The number of nitrogens with zero attached hydrogens (tertiary/aromatic N) is 3. The summed E-state index contributed by atoms with van der Waals surface area (Å²) in [5.41, 5.74) is 0.872. The molecule has 2 N–H and O–H groups in total. The number of aliphatic hydroxyl groups is 1. The first kappa shape index (κ1) is 19.3. The van der Waals surface area contributed by atoms with E-state index >= 15 is 0 Å². The highest BCUT2D eigenvalue weighted by molar-refractivity contribution is 7.26. The van der Waals surface area contributed by atoms with Crippen LogP contribution in [0.15, 0.2) is 30.5 Å². The molecule has 5 rings (SSSR count). The highest BCUT2D eigenvalue weighted by Gasteiger charge is 2.28. The number of aromatic nitrogens is 3. The van der Waals surface area contributed by atoms with Crippen LogP contribution in [0.3, 0.4) is 0 Å². The van der Waals surface area contributed by atoms with Gasteiger partial charge in [-0.15, -0.1) is 11.3 Å². The van der Waals surface area contributed by atoms with Crippen molar-refractivity contribution in [1.82, 2.24) is 15.0 Å². The number of nitrogens with one attached hydrogen (secondary N) is 1. The number of pyridine rings is 1. The van der Waals surface area contributed by atoms with Gasteiger partial charge < -0.3 is 10.4 Å². The standard InChI is InChI=1S/C23H23FN4OS/c1-12-18-15-8-9-25-21(19(15)30-22(18)28-20(27-12)14-5-6-14)26-11-13-4-7-16(17(24)10-13)23(2,3)29/h4,7-10,14,29H,5-6,11H2,1-3H3,(H,25,26). The number of hydrogen-bond acceptors (Lipinski definition) is 6. The van der Waals surface area contributed by atoms with E-state index in [9.17, 15) is 9.50 Å². The number of thiophene rings is 1. The lowest BCUT2D eigenvalue weighted by atomic mass is 9.96. The average molecular weight is 423 g/mol. The van der Waals surface area contributed by atoms with Crippen molar-refractivity contribution in [2.24, 2.45) is 0 Å². The Hall–Kier alpha value is -2.64. The van der Waals surface area contributed by atoms with Crippen LogP contribution in [0, 0.1) is 12.7 Å². The van der Waals surface area contributed by atoms with Crippen molar-refractivity contribution in [3.63, 3.8) is 0 Å². The smallest absolute Gasteiger partial charge is 0.144 e. The number of aryl methyl sites for hydroxylation is 1. The first-order valence-electron chi connectivity index (χ1n) is 10.1. The molecular formula is C23H23FN4OS. The van der Waals surface area contributed by atoms with Crippen molar-refractivity contribution < 1.29 is 9.50 Å². The molecule has 1 saturated carbocycles. The van der Waals surface area contributed by atoms with E-state index in [2.05, 4.69) is 10.3 Å². The molecule has 3 aromatic heterocycles. The summed E-state index contributed by atoms with van der Waals surface area (Å²) in [4.78, 5) is 15.1. The Morgan fingerprint density at radius 1 is 1.23 bits per heavy atom. The second-order valence-corrected chi connectivity index (χ2v) is 9.49. The molecule has 0 radical (unpaired) electrons. The van der Waals surface area contributed by atoms with Gasteiger partial charge in [0.25, 0.3) is 0 Å². The van der Waals surface area contributed by atoms with Crippen LogP contribution in [0.1, 0.15) is 55.3 Å². The van der Waals surface area contributed by atoms with E-state index in [1.54, 1.807) is 37.4 Å². The van der Waals surface area contributed by atoms with Gasteiger partial charge in [0.1, 0.15) is 22.3 Å². The molecule has 0 aliphatic heterocycles. The summed E-state index contributed by atoms with van der Waals surface area (Å²) < 4.78 is 15.4. The predicted octanol–water partition coefficient (Wildman–Crippen LogP) is 5.40. The lowest BCUT2D eigenvalue weighted by Gasteiger charge is -2.19. The fourth-order valence-electron chi connectivity index (χ4n) is 3.80. The summed E-state index contributed by atoms with van der Waals surface area (Å²) in [5.74, 6) is 1.82. The first-order valence-corrected chi connectivity index (χ1v) is 10.9. The molecule has 0 amide bonds. The van der Waals surface area contributed by atoms with Crippen LogP contribution in [0.25, 0.3) is 20.3 Å². The third kappa shape index (κ3) is 3.42. The van der Waals surface area contributed by atoms with Crippen molar-refractivity contribution in [3.05, 3.63) is 58.9 Å². The minimum absolute atomic E-state index is 0.288. The molecule has 1 aliphatic carbocycles. The normalized spacial score (nSPS) is 14.6. The zero-order valence-electron chi connectivity index (χ0n) is 17.2. The topological polar surface area (TPSA) is 70.9 Å². The van der Waals surface area contributed by atoms with E-state index in [1.807, 2.05) is 19.1 Å². The molecule has 30 heavy (non-hydrogen) atoms. The average Bonchev–Trinajstić information content (AvgIpc) is 3.45. The van der Waals surface area contributed by atoms with Crippen molar-refractivity contribution in [2.75, 3.05) is 5.32 Å². The Bertz CT molecular complexity index is 1270. The zero-order chi connectivity index (χ0) is 21.0. The molecule has 1 fully saturated rings. The zero-order valence-corrected chi connectivity index (χ0v) is 18.0. The molecule has 0 atom stereocenters. The van der Waals surface area contributed by atoms with Crippen LogP contribution in [0.4, 0.5) is 10.2 Å². The minimum atomic E-state index is -1.21. The van der Waals surface area contributed by atoms with Gasteiger partial charge in [0.05, 0.1) is 16.0 Å². The molecule has 0 unspecified atom stereocenters. The van der Waals surface area contributed by atoms with Crippen LogP contribution in [0.5, 0.6) is 0 Å². The van der Waals surface area contributed by atoms with Crippen molar-refractivity contribution >= 4 is 37.5 Å². The van der Waals surface area contributed by atoms with Gasteiger partial charge in [-0.25, -0.2) is 19.3 Å². The highest BCUT2D eigenvalue weighted by Crippen LogP contribution is 2.42. The molecule has 5 nitrogen and oxygen atoms in total. The van der Waals surface area contributed by atoms with Crippen molar-refractivity contribution in [1.29, 1.82) is 0 Å². The van der Waals surface area contributed by atoms with Gasteiger partial charge in [0, 0.05) is 35.0 Å². The van der Waals surface area contributed by atoms with E-state index in [0.29, 0.717) is 12.5 Å². The molecule has 7 heteroatoms. The third-order valence-electron chi connectivity index (χ3n) is 5.54. The third-order valence-corrected chi connectivity index (χ3v) is 6.65. The quantitative estimate of drug-likeness (QED) is 0.450. The summed E-state index contributed by atoms with van der Waals surface area (Å²) in [6.07, 6.45) is 4.13. The molecule has 1 aromatic carbocycles. The Labute approximate surface area is 178 Å². The number of rotatable bonds is 5. The summed E-state index contributed by atoms with van der Waals surface area (Å²) >= 11 is 1.62. The minimum Gasteiger partial charge on any atom is -0.386 e. The van der Waals surface area contributed by atoms with Crippen LogP contribution in [0.2, 0.25) is 0 Å². The molecular weight excluding hydrogens is 399 g/mol. The number of hydrogen-bond donors (Lipinski definition) is 2. The monoisotopic (exact) mass is 422 g/mol. The van der Waals surface area contributed by atoms with Crippen LogP contribution < -0.4 is 5.32 Å². The van der Waals surface area contributed by atoms with Gasteiger partial charge in [0.2, 0.25) is 0 Å². The Morgan fingerprint density at radius 3 is 2.73 bits per heavy atom. The fourth-order valence-corrected chi connectivity index (χ4v) is 4.99. The molecule has 154 valence electrons. The molecule has 4 aromatic rings. The van der Waals surface area contributed by atoms with Crippen molar-refractivity contribution in [3.8, 4) is 0 Å². The molecule has 3 heterocycles. The summed E-state index contributed by atoms with van der Waals surface area (Å²) in [6.45, 7) is 5.63. The van der Waals surface area contributed by atoms with E-state index in [0.717, 1.165) is 43.2 Å². The van der Waals surface area contributed by atoms with E-state index in [1.165, 1.54) is 18.9 Å². The number of anilines is 1. The van der Waals surface area contributed by atoms with Gasteiger partial charge in [-0.05, 0) is 51.3 Å². The van der Waals surface area contributed by atoms with E-state index in [-0.39, 0.29) is 5.56 Å². The molecule has 0 bridgehead atoms. The SMILES string of the molecule is Cc1nc(C2CC2)nc2sc3c(NCc4ccc(C(C)(C)O)c(F)c4)nccc3c12. The van der Waals surface area contributed by atoms with Gasteiger partial charge in [0.15, 0.2) is 0 Å². The summed E-state index contributed by atoms with van der Waals surface area (Å²) in [5, 5.41) is 15.6. The first-order chi connectivity index (χ1) is 14.3. The van der Waals surface area contributed by atoms with Gasteiger partial charge in [-0.1, -0.05) is 12.1 Å². The maximum atomic E-state index is 14.4. The summed E-state index contributed by atoms with van der Waals surface area (Å²) in [7, 11) is 0. The van der Waals surface area contributed by atoms with Crippen LogP contribution >= 0.6 is 11.3 Å². The molecule has 0 spiro atoms. The van der Waals surface area contributed by atoms with E-state index < -0.39 is 11.4 Å². The lowest BCUT2D eigenvalue weighted by Crippen LogP contribution is -2.17. The van der Waals surface area contributed by atoms with Gasteiger partial charge in [-0.3, -0.25) is 0 Å². The largest absolute Gasteiger partial charge is 0.386 e. The van der Waals surface area contributed by atoms with Crippen molar-refractivity contribution in [2.45, 2.75) is 51.7 Å². The van der Waals surface area contributed by atoms with Gasteiger partial charge >= 0.3 is 0 Å². The predicted molar refractivity (Wildman–Crippen MR) is 118 cm³/mol.